The molecule has 0 aliphatic carbocycles. The van der Waals surface area contributed by atoms with E-state index in [-0.39, 0.29) is 32.0 Å². The Hall–Kier alpha value is -2.75. The predicted molar refractivity (Wildman–Crippen MR) is 121 cm³/mol. The topological polar surface area (TPSA) is 144 Å². The standard InChI is InChI=1S/C22H24N2O7S2/c1-22(21(28)23-29,33(2,30)31)9-10-24-12-16-11-17(32-19(16)20(24)27)8-5-14-3-6-15(7-4-14)18(26)13-25/h3-4,6-7,11,18,25-26,29H,9-10,12-13H2,1-2H3,(H,23,28)/t18-,22-/m1/s1. The number of nitrogens with one attached hydrogen (secondary N) is 1. The molecule has 4 N–H and O–H groups in total. The molecular formula is C22H24N2O7S2. The van der Waals surface area contributed by atoms with E-state index in [0.717, 1.165) is 11.8 Å². The molecule has 0 unspecified atom stereocenters. The van der Waals surface area contributed by atoms with Crippen LogP contribution in [0.15, 0.2) is 30.3 Å². The van der Waals surface area contributed by atoms with E-state index >= 15 is 0 Å². The summed E-state index contributed by atoms with van der Waals surface area (Å²) in [6.45, 7) is 1.17. The molecule has 3 rings (SSSR count). The third-order valence-electron chi connectivity index (χ3n) is 5.71. The summed E-state index contributed by atoms with van der Waals surface area (Å²) in [4.78, 5) is 27.4. The lowest BCUT2D eigenvalue weighted by atomic mass is 10.1. The second kappa shape index (κ2) is 9.62. The van der Waals surface area contributed by atoms with Gasteiger partial charge in [0, 0.05) is 24.9 Å². The number of amides is 2. The Balaban J connectivity index is 1.69. The number of hydrogen-bond acceptors (Lipinski definition) is 8. The summed E-state index contributed by atoms with van der Waals surface area (Å²) in [5, 5.41) is 27.5. The van der Waals surface area contributed by atoms with Crippen LogP contribution in [0.3, 0.4) is 0 Å². The number of rotatable bonds is 7. The highest BCUT2D eigenvalue weighted by molar-refractivity contribution is 7.92. The van der Waals surface area contributed by atoms with Crippen LogP contribution in [0.2, 0.25) is 0 Å². The van der Waals surface area contributed by atoms with E-state index in [9.17, 15) is 23.1 Å². The first-order chi connectivity index (χ1) is 15.5. The van der Waals surface area contributed by atoms with Gasteiger partial charge in [-0.2, -0.15) is 0 Å². The normalized spacial score (nSPS) is 15.9. The number of fused-ring (bicyclic) bond motifs is 1. The Morgan fingerprint density at radius 3 is 2.52 bits per heavy atom. The van der Waals surface area contributed by atoms with Gasteiger partial charge < -0.3 is 15.1 Å². The van der Waals surface area contributed by atoms with Crippen molar-refractivity contribution in [3.05, 3.63) is 56.8 Å². The van der Waals surface area contributed by atoms with Crippen molar-refractivity contribution in [1.29, 1.82) is 0 Å². The molecule has 2 heterocycles. The van der Waals surface area contributed by atoms with Gasteiger partial charge in [0.25, 0.3) is 11.8 Å². The second-order valence-corrected chi connectivity index (χ2v) is 11.5. The molecule has 0 bridgehead atoms. The fourth-order valence-corrected chi connectivity index (χ4v) is 5.19. The quantitative estimate of drug-likeness (QED) is 0.255. The van der Waals surface area contributed by atoms with E-state index in [2.05, 4.69) is 11.8 Å². The smallest absolute Gasteiger partial charge is 0.264 e. The Kier molecular flexibility index (Phi) is 7.26. The van der Waals surface area contributed by atoms with Crippen LogP contribution in [-0.4, -0.2) is 64.7 Å². The average molecular weight is 493 g/mol. The molecule has 0 saturated heterocycles. The Morgan fingerprint density at radius 1 is 1.30 bits per heavy atom. The van der Waals surface area contributed by atoms with Crippen molar-refractivity contribution in [3.63, 3.8) is 0 Å². The first kappa shape index (κ1) is 24.9. The predicted octanol–water partition coefficient (Wildman–Crippen LogP) is 0.828. The monoisotopic (exact) mass is 492 g/mol. The van der Waals surface area contributed by atoms with Crippen molar-refractivity contribution in [2.24, 2.45) is 0 Å². The molecule has 2 atom stereocenters. The van der Waals surface area contributed by atoms with Gasteiger partial charge in [-0.1, -0.05) is 24.0 Å². The van der Waals surface area contributed by atoms with Crippen LogP contribution in [0.5, 0.6) is 0 Å². The van der Waals surface area contributed by atoms with E-state index in [1.807, 2.05) is 6.07 Å². The number of benzene rings is 1. The fourth-order valence-electron chi connectivity index (χ4n) is 3.35. The molecule has 2 aromatic rings. The summed E-state index contributed by atoms with van der Waals surface area (Å²) in [7, 11) is -3.84. The zero-order valence-corrected chi connectivity index (χ0v) is 19.7. The van der Waals surface area contributed by atoms with Gasteiger partial charge in [-0.15, -0.1) is 11.3 Å². The number of aliphatic hydroxyl groups is 2. The van der Waals surface area contributed by atoms with Crippen LogP contribution in [0, 0.1) is 11.8 Å². The maximum atomic E-state index is 12.8. The van der Waals surface area contributed by atoms with Gasteiger partial charge in [-0.25, -0.2) is 13.9 Å². The van der Waals surface area contributed by atoms with E-state index < -0.39 is 26.6 Å². The lowest BCUT2D eigenvalue weighted by Gasteiger charge is -2.27. The summed E-state index contributed by atoms with van der Waals surface area (Å²) in [5.74, 6) is 4.71. The van der Waals surface area contributed by atoms with Crippen LogP contribution in [0.1, 0.15) is 50.7 Å². The molecule has 1 aromatic carbocycles. The summed E-state index contributed by atoms with van der Waals surface area (Å²) in [5.41, 5.74) is 3.49. The van der Waals surface area contributed by atoms with Crippen LogP contribution < -0.4 is 5.48 Å². The zero-order valence-electron chi connectivity index (χ0n) is 18.0. The minimum absolute atomic E-state index is 0.0320. The number of aliphatic hydroxyl groups excluding tert-OH is 2. The molecule has 2 amide bonds. The van der Waals surface area contributed by atoms with Crippen molar-refractivity contribution >= 4 is 33.0 Å². The number of sulfone groups is 1. The summed E-state index contributed by atoms with van der Waals surface area (Å²) in [6.07, 6.45) is -0.181. The number of hydroxylamine groups is 1. The van der Waals surface area contributed by atoms with E-state index in [4.69, 9.17) is 10.3 Å². The van der Waals surface area contributed by atoms with E-state index in [0.29, 0.717) is 20.9 Å². The first-order valence-electron chi connectivity index (χ1n) is 9.97. The third kappa shape index (κ3) is 5.10. The highest BCUT2D eigenvalue weighted by Crippen LogP contribution is 2.32. The van der Waals surface area contributed by atoms with E-state index in [1.165, 1.54) is 28.6 Å². The Labute approximate surface area is 195 Å². The van der Waals surface area contributed by atoms with Crippen LogP contribution in [-0.2, 0) is 21.2 Å². The molecule has 33 heavy (non-hydrogen) atoms. The molecule has 1 aliphatic heterocycles. The van der Waals surface area contributed by atoms with Gasteiger partial charge in [-0.3, -0.25) is 14.8 Å². The van der Waals surface area contributed by atoms with Crippen LogP contribution in [0.25, 0.3) is 0 Å². The second-order valence-electron chi connectivity index (χ2n) is 7.96. The maximum Gasteiger partial charge on any atom is 0.264 e. The molecule has 0 fully saturated rings. The molecule has 176 valence electrons. The van der Waals surface area contributed by atoms with Crippen molar-refractivity contribution in [2.75, 3.05) is 19.4 Å². The van der Waals surface area contributed by atoms with Gasteiger partial charge in [0.15, 0.2) is 14.6 Å². The van der Waals surface area contributed by atoms with Crippen LogP contribution in [0.4, 0.5) is 0 Å². The van der Waals surface area contributed by atoms with Crippen molar-refractivity contribution in [1.82, 2.24) is 10.4 Å². The molecular weight excluding hydrogens is 468 g/mol. The number of nitrogens with zero attached hydrogens (tertiary/aromatic N) is 1. The van der Waals surface area contributed by atoms with Gasteiger partial charge >= 0.3 is 0 Å². The van der Waals surface area contributed by atoms with Gasteiger partial charge in [-0.05, 0) is 42.7 Å². The number of hydrogen-bond donors (Lipinski definition) is 4. The molecule has 0 spiro atoms. The zero-order chi connectivity index (χ0) is 24.4. The highest BCUT2D eigenvalue weighted by Gasteiger charge is 2.44. The minimum atomic E-state index is -3.84. The lowest BCUT2D eigenvalue weighted by molar-refractivity contribution is -0.131. The average Bonchev–Trinajstić information content (AvgIpc) is 3.32. The third-order valence-corrected chi connectivity index (χ3v) is 8.82. The Morgan fingerprint density at radius 2 is 1.97 bits per heavy atom. The summed E-state index contributed by atoms with van der Waals surface area (Å²) in [6, 6.07) is 8.64. The first-order valence-corrected chi connectivity index (χ1v) is 12.7. The van der Waals surface area contributed by atoms with Crippen molar-refractivity contribution in [2.45, 2.75) is 30.7 Å². The number of carbonyl (C=O) groups excluding carboxylic acids is 2. The molecule has 9 nitrogen and oxygen atoms in total. The van der Waals surface area contributed by atoms with Crippen LogP contribution >= 0.6 is 11.3 Å². The SMILES string of the molecule is C[C@@](CCN1Cc2cc(C#Cc3ccc([C@H](O)CO)cc3)sc2C1=O)(C(=O)NO)S(C)(=O)=O. The largest absolute Gasteiger partial charge is 0.393 e. The molecule has 0 radical (unpaired) electrons. The molecule has 11 heteroatoms. The molecule has 1 aliphatic rings. The maximum absolute atomic E-state index is 12.8. The summed E-state index contributed by atoms with van der Waals surface area (Å²) >= 11 is 1.24. The van der Waals surface area contributed by atoms with Crippen molar-refractivity contribution < 1.29 is 33.4 Å². The van der Waals surface area contributed by atoms with Gasteiger partial charge in [0.1, 0.15) is 6.10 Å². The lowest BCUT2D eigenvalue weighted by Crippen LogP contribution is -2.50. The molecule has 1 aromatic heterocycles. The van der Waals surface area contributed by atoms with Crippen molar-refractivity contribution in [3.8, 4) is 11.8 Å². The van der Waals surface area contributed by atoms with E-state index in [1.54, 1.807) is 24.3 Å². The van der Waals surface area contributed by atoms with Gasteiger partial charge in [0.05, 0.1) is 16.4 Å². The minimum Gasteiger partial charge on any atom is -0.393 e. The highest BCUT2D eigenvalue weighted by atomic mass is 32.2. The van der Waals surface area contributed by atoms with Gasteiger partial charge in [0.2, 0.25) is 0 Å². The fraction of sp³-hybridized carbons (Fsp3) is 0.364. The number of thiophene rings is 1. The number of carbonyl (C=O) groups is 2. The summed E-state index contributed by atoms with van der Waals surface area (Å²) < 4.78 is 22.3. The Bertz CT molecular complexity index is 1230. The molecule has 0 saturated carbocycles.